The number of nitrogens with zero attached hydrogens (tertiary/aromatic N) is 27. The molecule has 18 heterocycles. The zero-order valence-corrected chi connectivity index (χ0v) is 63.8. The van der Waals surface area contributed by atoms with Gasteiger partial charge in [-0.05, 0) is 128 Å². The number of fused-ring (bicyclic) bond motifs is 9. The minimum Gasteiger partial charge on any atom is -0.346 e. The summed E-state index contributed by atoms with van der Waals surface area (Å²) in [5.74, 6) is 11.0. The summed E-state index contributed by atoms with van der Waals surface area (Å²) in [5, 5.41) is 0. The van der Waals surface area contributed by atoms with Gasteiger partial charge in [0.2, 0.25) is 0 Å². The quantitative estimate of drug-likeness (QED) is 0.339. The first-order valence-corrected chi connectivity index (χ1v) is 39.4. The maximum Gasteiger partial charge on any atom is 0.199 e. The highest BCUT2D eigenvalue weighted by molar-refractivity contribution is 5.86. The fraction of sp³-hybridized carbons (Fsp3) is 0.875. The average molecular weight is 1380 g/mol. The Morgan fingerprint density at radius 2 is 0.374 bits per heavy atom. The monoisotopic (exact) mass is 1380 g/mol. The normalized spacial score (nSPS) is 24.6. The van der Waals surface area contributed by atoms with E-state index >= 15 is 0 Å². The van der Waals surface area contributed by atoms with Gasteiger partial charge in [-0.2, -0.15) is 0 Å². The van der Waals surface area contributed by atoms with E-state index in [4.69, 9.17) is 0 Å². The van der Waals surface area contributed by atoms with Gasteiger partial charge in [-0.15, -0.1) is 0 Å². The van der Waals surface area contributed by atoms with Crippen LogP contribution in [0.3, 0.4) is 0 Å². The van der Waals surface area contributed by atoms with Gasteiger partial charge in [0.1, 0.15) is 6.67 Å². The molecule has 0 aromatic heterocycles. The lowest BCUT2D eigenvalue weighted by Gasteiger charge is -2.45. The van der Waals surface area contributed by atoms with Crippen LogP contribution in [0, 0.1) is 0 Å². The third-order valence-corrected chi connectivity index (χ3v) is 21.5. The Hall–Kier alpha value is -6.57. The van der Waals surface area contributed by atoms with E-state index in [1.807, 2.05) is 0 Å². The molecule has 18 aliphatic heterocycles. The summed E-state index contributed by atoms with van der Waals surface area (Å²) in [6.07, 6.45) is 25.8. The van der Waals surface area contributed by atoms with Crippen molar-refractivity contribution < 1.29 is 0 Å². The van der Waals surface area contributed by atoms with Crippen LogP contribution in [-0.2, 0) is 0 Å². The standard InChI is InChI=1S/2C10H19N3.2C9H17N3.C8H15N3.2C7H13N3.2C6H11N3/c1-12-7-3-2-4-8-13-9-5-6-11-10(12)13;1-12-7-5-9-13-8-4-2-3-6-11-10(12)13;1-11-6-2-3-7-12-8-4-5-10-9(11)12;1-11-6-4-8-12-7-3-2-5-10-9(11)12;1-10-5-3-7-11-6-2-4-9-8(10)11;1-9-4-2-5-10-6-3-8-7(9)10;1-9-5-6-10-4-2-3-8-7(9)10;1-8-3-2-4-9-5-7-6(8)9;1-8-5-9-4-2-3-7-6(8)9/h2*2-9H2,1H3;2*2-8H2,1H3;2-7H2,1H3;2*2-6H2,1H3;2*2-5H2,1H3. The molecule has 18 aliphatic rings. The molecular formula is C72H135N27. The van der Waals surface area contributed by atoms with Crippen LogP contribution >= 0.6 is 0 Å². The first-order chi connectivity index (χ1) is 48.4. The molecule has 99 heavy (non-hydrogen) atoms. The Balaban J connectivity index is 0.000000121. The van der Waals surface area contributed by atoms with Crippen molar-refractivity contribution >= 4 is 53.6 Å². The zero-order chi connectivity index (χ0) is 69.1. The Kier molecular flexibility index (Phi) is 30.0. The second kappa shape index (κ2) is 39.6. The molecule has 0 unspecified atom stereocenters. The summed E-state index contributed by atoms with van der Waals surface area (Å²) in [4.78, 5) is 82.2. The van der Waals surface area contributed by atoms with Crippen molar-refractivity contribution in [3.63, 3.8) is 0 Å². The van der Waals surface area contributed by atoms with Crippen LogP contribution < -0.4 is 0 Å². The van der Waals surface area contributed by atoms with Gasteiger partial charge in [-0.1, -0.05) is 0 Å². The minimum absolute atomic E-state index is 0.930. The highest BCUT2D eigenvalue weighted by Gasteiger charge is 2.31. The lowest BCUT2D eigenvalue weighted by Crippen LogP contribution is -2.60. The van der Waals surface area contributed by atoms with Crippen molar-refractivity contribution in [3.05, 3.63) is 0 Å². The molecule has 0 bridgehead atoms. The van der Waals surface area contributed by atoms with Gasteiger partial charge in [0.25, 0.3) is 0 Å². The van der Waals surface area contributed by atoms with E-state index in [9.17, 15) is 0 Å². The molecule has 0 saturated carbocycles. The third-order valence-electron chi connectivity index (χ3n) is 21.5. The minimum atomic E-state index is 0.930. The number of hydrogen-bond acceptors (Lipinski definition) is 27. The number of aliphatic imine (C=N–C) groups is 9. The van der Waals surface area contributed by atoms with Crippen LogP contribution in [0.15, 0.2) is 44.9 Å². The summed E-state index contributed by atoms with van der Waals surface area (Å²) < 4.78 is 0. The Morgan fingerprint density at radius 3 is 0.687 bits per heavy atom. The Bertz CT molecular complexity index is 2730. The largest absolute Gasteiger partial charge is 0.346 e. The van der Waals surface area contributed by atoms with E-state index in [-0.39, 0.29) is 0 Å². The summed E-state index contributed by atoms with van der Waals surface area (Å²) in [6, 6.07) is 0. The van der Waals surface area contributed by atoms with Crippen molar-refractivity contribution in [1.82, 2.24) is 88.2 Å². The zero-order valence-electron chi connectivity index (χ0n) is 63.8. The lowest BCUT2D eigenvalue weighted by molar-refractivity contribution is 0.170. The number of hydrogen-bond donors (Lipinski definition) is 0. The molecule has 0 aromatic rings. The molecule has 558 valence electrons. The van der Waals surface area contributed by atoms with Gasteiger partial charge in [0, 0.05) is 266 Å². The third kappa shape index (κ3) is 22.0. The van der Waals surface area contributed by atoms with Crippen LogP contribution in [0.2, 0.25) is 0 Å². The molecule has 18 rings (SSSR count). The maximum atomic E-state index is 4.65. The molecule has 0 spiro atoms. The maximum absolute atomic E-state index is 4.65. The molecule has 0 N–H and O–H groups in total. The molecule has 0 atom stereocenters. The van der Waals surface area contributed by atoms with Gasteiger partial charge < -0.3 is 88.2 Å². The highest BCUT2D eigenvalue weighted by Crippen LogP contribution is 2.20. The van der Waals surface area contributed by atoms with Crippen molar-refractivity contribution in [2.24, 2.45) is 44.9 Å². The van der Waals surface area contributed by atoms with Crippen LogP contribution in [0.1, 0.15) is 128 Å². The van der Waals surface area contributed by atoms with E-state index in [0.717, 1.165) is 78.8 Å². The molecule has 0 aliphatic carbocycles. The van der Waals surface area contributed by atoms with E-state index in [1.165, 1.54) is 326 Å². The summed E-state index contributed by atoms with van der Waals surface area (Å²) >= 11 is 0. The topological polar surface area (TPSA) is 170 Å². The molecule has 9 fully saturated rings. The Morgan fingerprint density at radius 1 is 0.152 bits per heavy atom. The summed E-state index contributed by atoms with van der Waals surface area (Å²) in [7, 11) is 19.2. The second-order valence-electron chi connectivity index (χ2n) is 29.8. The first kappa shape index (κ1) is 75.1. The van der Waals surface area contributed by atoms with Crippen molar-refractivity contribution in [3.8, 4) is 0 Å². The SMILES string of the molecule is CN1CCCCCN2CCCN=C12.CN1CCCCN2CCCN=C12.CN1CCCN2CCCCCN=C12.CN1CCCN2CCCCN=C12.CN1CCCN2CCCN=C12.CN1CCCN2CCN=C12.CN1CCCN2CN=C12.CN1CCN2CCCN=C12.CN1CN2CCCN=C12. The molecule has 0 aromatic carbocycles. The highest BCUT2D eigenvalue weighted by atomic mass is 15.5. The summed E-state index contributed by atoms with van der Waals surface area (Å²) in [5.41, 5.74) is 0. The van der Waals surface area contributed by atoms with Crippen molar-refractivity contribution in [1.29, 1.82) is 0 Å². The number of likely N-dealkylation sites (N-methyl/N-ethyl adjacent to an activating group) is 1. The van der Waals surface area contributed by atoms with E-state index in [2.05, 4.69) is 197 Å². The molecule has 0 amide bonds. The lowest BCUT2D eigenvalue weighted by atomic mass is 10.2. The van der Waals surface area contributed by atoms with Gasteiger partial charge in [0.15, 0.2) is 53.6 Å². The van der Waals surface area contributed by atoms with E-state index in [0.29, 0.717) is 0 Å². The fourth-order valence-corrected chi connectivity index (χ4v) is 16.0. The van der Waals surface area contributed by atoms with Gasteiger partial charge >= 0.3 is 0 Å². The smallest absolute Gasteiger partial charge is 0.199 e. The molecule has 27 nitrogen and oxygen atoms in total. The molecule has 0 radical (unpaired) electrons. The molecular weight excluding hydrogens is 1240 g/mol. The summed E-state index contributed by atoms with van der Waals surface area (Å²) in [6.45, 7) is 38.8. The molecule has 9 saturated heterocycles. The van der Waals surface area contributed by atoms with Crippen molar-refractivity contribution in [2.75, 3.05) is 286 Å². The predicted molar refractivity (Wildman–Crippen MR) is 411 cm³/mol. The van der Waals surface area contributed by atoms with Crippen LogP contribution in [0.5, 0.6) is 0 Å². The van der Waals surface area contributed by atoms with Crippen molar-refractivity contribution in [2.45, 2.75) is 128 Å². The van der Waals surface area contributed by atoms with Gasteiger partial charge in [-0.25, -0.2) is 4.99 Å². The average Bonchev–Trinajstić information content (AvgIpc) is 1.65. The fourth-order valence-electron chi connectivity index (χ4n) is 16.0. The van der Waals surface area contributed by atoms with E-state index < -0.39 is 0 Å². The second-order valence-corrected chi connectivity index (χ2v) is 29.8. The number of rotatable bonds is 0. The first-order valence-electron chi connectivity index (χ1n) is 39.4. The Labute approximate surface area is 598 Å². The van der Waals surface area contributed by atoms with E-state index in [1.54, 1.807) is 0 Å². The van der Waals surface area contributed by atoms with Gasteiger partial charge in [-0.3, -0.25) is 39.9 Å². The van der Waals surface area contributed by atoms with Crippen LogP contribution in [-0.4, -0.2) is 428 Å². The number of guanidine groups is 9. The van der Waals surface area contributed by atoms with Crippen LogP contribution in [0.4, 0.5) is 0 Å². The van der Waals surface area contributed by atoms with Gasteiger partial charge in [0.05, 0.1) is 13.2 Å². The molecule has 27 heteroatoms. The predicted octanol–water partition coefficient (Wildman–Crippen LogP) is 4.15. The van der Waals surface area contributed by atoms with Crippen LogP contribution in [0.25, 0.3) is 0 Å².